The summed E-state index contributed by atoms with van der Waals surface area (Å²) in [6.45, 7) is 7.83. The summed E-state index contributed by atoms with van der Waals surface area (Å²) in [6, 6.07) is 9.28. The number of H-pyrrole nitrogens is 1. The Labute approximate surface area is 221 Å². The van der Waals surface area contributed by atoms with Crippen LogP contribution in [0.3, 0.4) is 0 Å². The van der Waals surface area contributed by atoms with Crippen molar-refractivity contribution < 1.29 is 18.8 Å². The number of piperidine rings is 1. The van der Waals surface area contributed by atoms with Gasteiger partial charge in [0, 0.05) is 53.6 Å². The fourth-order valence-electron chi connectivity index (χ4n) is 6.20. The predicted molar refractivity (Wildman–Crippen MR) is 141 cm³/mol. The van der Waals surface area contributed by atoms with Crippen LogP contribution in [0.5, 0.6) is 0 Å². The summed E-state index contributed by atoms with van der Waals surface area (Å²) in [5, 5.41) is 4.53. The highest BCUT2D eigenvalue weighted by atomic mass is 35.5. The van der Waals surface area contributed by atoms with Crippen molar-refractivity contribution in [1.82, 2.24) is 20.1 Å². The van der Waals surface area contributed by atoms with Gasteiger partial charge in [0.1, 0.15) is 5.76 Å². The molecule has 2 aliphatic rings. The highest BCUT2D eigenvalue weighted by Crippen LogP contribution is 2.50. The van der Waals surface area contributed by atoms with Gasteiger partial charge in [-0.3, -0.25) is 14.4 Å². The molecule has 9 heteroatoms. The Morgan fingerprint density at radius 2 is 2.05 bits per heavy atom. The lowest BCUT2D eigenvalue weighted by molar-refractivity contribution is -0.164. The minimum Gasteiger partial charge on any atom is -0.467 e. The predicted octanol–water partition coefficient (Wildman–Crippen LogP) is 4.23. The average molecular weight is 525 g/mol. The molecule has 0 spiro atoms. The lowest BCUT2D eigenvalue weighted by Crippen LogP contribution is -2.64. The van der Waals surface area contributed by atoms with Crippen LogP contribution in [0.1, 0.15) is 50.6 Å². The molecule has 0 radical (unpaired) electrons. The zero-order valence-electron chi connectivity index (χ0n) is 21.5. The van der Waals surface area contributed by atoms with E-state index in [4.69, 9.17) is 16.0 Å². The van der Waals surface area contributed by atoms with Gasteiger partial charge in [0.25, 0.3) is 0 Å². The van der Waals surface area contributed by atoms with Crippen LogP contribution < -0.4 is 5.32 Å². The van der Waals surface area contributed by atoms with E-state index < -0.39 is 17.4 Å². The van der Waals surface area contributed by atoms with E-state index in [0.29, 0.717) is 43.3 Å². The molecule has 3 atom stereocenters. The van der Waals surface area contributed by atoms with Gasteiger partial charge < -0.3 is 24.5 Å². The van der Waals surface area contributed by atoms with E-state index in [-0.39, 0.29) is 30.7 Å². The summed E-state index contributed by atoms with van der Waals surface area (Å²) in [5.41, 5.74) is 2.10. The number of benzene rings is 1. The van der Waals surface area contributed by atoms with Gasteiger partial charge in [-0.2, -0.15) is 0 Å². The van der Waals surface area contributed by atoms with Crippen molar-refractivity contribution >= 4 is 40.2 Å². The molecule has 1 fully saturated rings. The number of fused-ring (bicyclic) bond motifs is 5. The molecule has 0 bridgehead atoms. The summed E-state index contributed by atoms with van der Waals surface area (Å²) < 4.78 is 5.29. The maximum atomic E-state index is 14.0. The van der Waals surface area contributed by atoms with Gasteiger partial charge in [0.2, 0.25) is 17.7 Å². The third-order valence-electron chi connectivity index (χ3n) is 8.18. The number of carbonyl (C=O) groups excluding carboxylic acids is 3. The highest BCUT2D eigenvalue weighted by Gasteiger charge is 2.57. The van der Waals surface area contributed by atoms with Crippen molar-refractivity contribution in [2.75, 3.05) is 19.6 Å². The van der Waals surface area contributed by atoms with Gasteiger partial charge in [-0.15, -0.1) is 0 Å². The Kier molecular flexibility index (Phi) is 6.79. The Morgan fingerprint density at radius 1 is 1.27 bits per heavy atom. The quantitative estimate of drug-likeness (QED) is 0.483. The topological polar surface area (TPSA) is 98.7 Å². The first-order valence-corrected chi connectivity index (χ1v) is 13.4. The second-order valence-electron chi connectivity index (χ2n) is 10.1. The van der Waals surface area contributed by atoms with Gasteiger partial charge in [-0.05, 0) is 69.5 Å². The molecule has 8 nitrogen and oxygen atoms in total. The monoisotopic (exact) mass is 524 g/mol. The van der Waals surface area contributed by atoms with Gasteiger partial charge in [0.15, 0.2) is 0 Å². The standard InChI is InChI=1S/C28H33ClN4O4/c1-4-32(5-2)27(36)22-13-17(14-24(34)30-16-19-7-6-12-37-19)26(35)33-11-10-20-21-15-18(29)8-9-23(21)31-25(20)28(22,33)3/h6-9,12,15,17,22,31H,4-5,10-11,13-14,16H2,1-3H3,(H,30,34)/t17-,22-,28+/m1/s1. The number of hydrogen-bond donors (Lipinski definition) is 2. The van der Waals surface area contributed by atoms with E-state index in [2.05, 4.69) is 10.3 Å². The molecule has 0 aliphatic carbocycles. The molecule has 1 saturated heterocycles. The maximum Gasteiger partial charge on any atom is 0.228 e. The lowest BCUT2D eigenvalue weighted by atomic mass is 9.67. The van der Waals surface area contributed by atoms with E-state index in [1.165, 1.54) is 0 Å². The molecule has 196 valence electrons. The van der Waals surface area contributed by atoms with Crippen molar-refractivity contribution in [3.8, 4) is 0 Å². The SMILES string of the molecule is CCN(CC)C(=O)[C@H]1C[C@H](CC(=O)NCc2ccco2)C(=O)N2CCc3c([nH]c4ccc(Cl)cc34)[C@]12C. The van der Waals surface area contributed by atoms with Crippen LogP contribution in [0, 0.1) is 11.8 Å². The number of nitrogens with zero attached hydrogens (tertiary/aromatic N) is 2. The summed E-state index contributed by atoms with van der Waals surface area (Å²) in [6.07, 6.45) is 2.55. The van der Waals surface area contributed by atoms with Gasteiger partial charge in [-0.25, -0.2) is 0 Å². The molecule has 3 amide bonds. The molecule has 5 rings (SSSR count). The van der Waals surface area contributed by atoms with Crippen molar-refractivity contribution in [1.29, 1.82) is 0 Å². The molecule has 1 aromatic carbocycles. The Balaban J connectivity index is 1.50. The Morgan fingerprint density at radius 3 is 2.76 bits per heavy atom. The molecule has 0 saturated carbocycles. The van der Waals surface area contributed by atoms with Crippen LogP contribution >= 0.6 is 11.6 Å². The first-order chi connectivity index (χ1) is 17.8. The number of amides is 3. The van der Waals surface area contributed by atoms with Crippen LogP contribution in [-0.2, 0) is 32.9 Å². The number of hydrogen-bond acceptors (Lipinski definition) is 4. The van der Waals surface area contributed by atoms with Gasteiger partial charge in [-0.1, -0.05) is 11.6 Å². The summed E-state index contributed by atoms with van der Waals surface area (Å²) in [5.74, 6) is -0.722. The third-order valence-corrected chi connectivity index (χ3v) is 8.41. The number of carbonyl (C=O) groups is 3. The number of aromatic amines is 1. The van der Waals surface area contributed by atoms with E-state index in [1.807, 2.05) is 48.8 Å². The first kappa shape index (κ1) is 25.4. The van der Waals surface area contributed by atoms with Gasteiger partial charge in [0.05, 0.1) is 24.3 Å². The average Bonchev–Trinajstić information content (AvgIpc) is 3.53. The van der Waals surface area contributed by atoms with Crippen molar-refractivity contribution in [3.05, 3.63) is 58.6 Å². The van der Waals surface area contributed by atoms with Crippen molar-refractivity contribution in [2.24, 2.45) is 11.8 Å². The normalized spacial score (nSPS) is 23.0. The van der Waals surface area contributed by atoms with E-state index in [0.717, 1.165) is 22.2 Å². The number of aromatic nitrogens is 1. The molecule has 2 aliphatic heterocycles. The maximum absolute atomic E-state index is 14.0. The number of rotatable bonds is 7. The summed E-state index contributed by atoms with van der Waals surface area (Å²) in [4.78, 5) is 47.8. The fourth-order valence-corrected chi connectivity index (χ4v) is 6.37. The van der Waals surface area contributed by atoms with Gasteiger partial charge >= 0.3 is 0 Å². The number of halogens is 1. The van der Waals surface area contributed by atoms with E-state index in [9.17, 15) is 14.4 Å². The molecule has 3 aromatic rings. The zero-order valence-corrected chi connectivity index (χ0v) is 22.2. The second-order valence-corrected chi connectivity index (χ2v) is 10.5. The third kappa shape index (κ3) is 4.31. The largest absolute Gasteiger partial charge is 0.467 e. The molecule has 2 N–H and O–H groups in total. The van der Waals surface area contributed by atoms with Crippen LogP contribution in [0.2, 0.25) is 5.02 Å². The highest BCUT2D eigenvalue weighted by molar-refractivity contribution is 6.31. The molecule has 2 aromatic heterocycles. The first-order valence-electron chi connectivity index (χ1n) is 13.0. The molecule has 0 unspecified atom stereocenters. The van der Waals surface area contributed by atoms with Crippen molar-refractivity contribution in [3.63, 3.8) is 0 Å². The molecular weight excluding hydrogens is 492 g/mol. The molecule has 37 heavy (non-hydrogen) atoms. The minimum absolute atomic E-state index is 0.00975. The molecular formula is C28H33ClN4O4. The summed E-state index contributed by atoms with van der Waals surface area (Å²) >= 11 is 6.31. The second kappa shape index (κ2) is 9.89. The lowest BCUT2D eigenvalue weighted by Gasteiger charge is -2.54. The van der Waals surface area contributed by atoms with E-state index >= 15 is 0 Å². The van der Waals surface area contributed by atoms with Crippen molar-refractivity contribution in [2.45, 2.75) is 52.1 Å². The number of nitrogens with one attached hydrogen (secondary N) is 2. The van der Waals surface area contributed by atoms with E-state index in [1.54, 1.807) is 18.4 Å². The van der Waals surface area contributed by atoms with Crippen LogP contribution in [-0.4, -0.2) is 52.1 Å². The van der Waals surface area contributed by atoms with Crippen LogP contribution in [0.15, 0.2) is 41.0 Å². The van der Waals surface area contributed by atoms with Crippen LogP contribution in [0.4, 0.5) is 0 Å². The zero-order chi connectivity index (χ0) is 26.3. The Bertz CT molecular complexity index is 1330. The smallest absolute Gasteiger partial charge is 0.228 e. The van der Waals surface area contributed by atoms with Crippen LogP contribution in [0.25, 0.3) is 10.9 Å². The minimum atomic E-state index is -0.850. The summed E-state index contributed by atoms with van der Waals surface area (Å²) in [7, 11) is 0. The fraction of sp³-hybridized carbons (Fsp3) is 0.464. The number of furan rings is 1. The molecule has 4 heterocycles. The Hall–Kier alpha value is -3.26.